The molecule has 3 rings (SSSR count). The Morgan fingerprint density at radius 3 is 2.50 bits per heavy atom. The maximum atomic E-state index is 13.6. The molecule has 1 aromatic carbocycles. The highest BCUT2D eigenvalue weighted by molar-refractivity contribution is 9.10. The van der Waals surface area contributed by atoms with Gasteiger partial charge in [-0.1, -0.05) is 12.1 Å². The summed E-state index contributed by atoms with van der Waals surface area (Å²) in [6, 6.07) is 9.11. The van der Waals surface area contributed by atoms with Gasteiger partial charge in [0.05, 0.1) is 5.56 Å². The first-order valence-corrected chi connectivity index (χ1v) is 8.44. The van der Waals surface area contributed by atoms with Crippen LogP contribution >= 0.6 is 15.9 Å². The summed E-state index contributed by atoms with van der Waals surface area (Å²) in [6.07, 6.45) is 1.24. The van der Waals surface area contributed by atoms with Gasteiger partial charge in [-0.2, -0.15) is 0 Å². The van der Waals surface area contributed by atoms with Crippen LogP contribution in [0.25, 0.3) is 0 Å². The molecule has 1 N–H and O–H groups in total. The average Bonchev–Trinajstić information content (AvgIpc) is 3.02. The molecular weight excluding hydrogens is 379 g/mol. The average molecular weight is 395 g/mol. The van der Waals surface area contributed by atoms with Gasteiger partial charge in [0, 0.05) is 19.1 Å². The monoisotopic (exact) mass is 394 g/mol. The van der Waals surface area contributed by atoms with E-state index in [-0.39, 0.29) is 23.3 Å². The number of hydrogen-bond donors (Lipinski definition) is 1. The second-order valence-corrected chi connectivity index (χ2v) is 6.41. The predicted octanol–water partition coefficient (Wildman–Crippen LogP) is 3.22. The topological polar surface area (TPSA) is 62.6 Å². The summed E-state index contributed by atoms with van der Waals surface area (Å²) in [5.41, 5.74) is 0.0384. The Kier molecular flexibility index (Phi) is 4.99. The van der Waals surface area contributed by atoms with E-state index in [0.717, 1.165) is 0 Å². The number of nitrogens with zero attached hydrogens (tertiary/aromatic N) is 1. The third-order valence-electron chi connectivity index (χ3n) is 4.02. The summed E-state index contributed by atoms with van der Waals surface area (Å²) in [4.78, 5) is 26.1. The summed E-state index contributed by atoms with van der Waals surface area (Å²) in [5, 5.41) is 2.83. The highest BCUT2D eigenvalue weighted by Gasteiger charge is 2.26. The van der Waals surface area contributed by atoms with E-state index in [1.807, 2.05) is 0 Å². The van der Waals surface area contributed by atoms with Crippen molar-refractivity contribution in [3.05, 3.63) is 58.2 Å². The van der Waals surface area contributed by atoms with Crippen LogP contribution in [-0.4, -0.2) is 35.8 Å². The lowest BCUT2D eigenvalue weighted by atomic mass is 10.0. The van der Waals surface area contributed by atoms with Crippen molar-refractivity contribution in [2.75, 3.05) is 13.1 Å². The molecule has 0 radical (unpaired) electrons. The second kappa shape index (κ2) is 7.17. The number of carbonyl (C=O) groups excluding carboxylic acids is 2. The van der Waals surface area contributed by atoms with Crippen LogP contribution in [0.3, 0.4) is 0 Å². The smallest absolute Gasteiger partial charge is 0.289 e. The Labute approximate surface area is 146 Å². The zero-order valence-electron chi connectivity index (χ0n) is 12.8. The lowest BCUT2D eigenvalue weighted by molar-refractivity contribution is 0.0666. The fourth-order valence-corrected chi connectivity index (χ4v) is 3.03. The zero-order valence-corrected chi connectivity index (χ0v) is 14.4. The number of nitrogens with one attached hydrogen (secondary N) is 1. The van der Waals surface area contributed by atoms with Crippen LogP contribution in [0.4, 0.5) is 4.39 Å². The van der Waals surface area contributed by atoms with Gasteiger partial charge in [0.15, 0.2) is 10.4 Å². The lowest BCUT2D eigenvalue weighted by Gasteiger charge is -2.31. The molecule has 0 saturated carbocycles. The molecule has 24 heavy (non-hydrogen) atoms. The van der Waals surface area contributed by atoms with E-state index in [1.54, 1.807) is 29.2 Å². The Morgan fingerprint density at radius 2 is 1.88 bits per heavy atom. The molecule has 5 nitrogen and oxygen atoms in total. The third-order valence-corrected chi connectivity index (χ3v) is 4.45. The number of rotatable bonds is 3. The van der Waals surface area contributed by atoms with Crippen LogP contribution in [0.5, 0.6) is 0 Å². The van der Waals surface area contributed by atoms with Gasteiger partial charge in [-0.15, -0.1) is 0 Å². The van der Waals surface area contributed by atoms with Crippen LogP contribution in [0.15, 0.2) is 45.5 Å². The minimum Gasteiger partial charge on any atom is -0.444 e. The van der Waals surface area contributed by atoms with Crippen molar-refractivity contribution >= 4 is 27.7 Å². The van der Waals surface area contributed by atoms with Crippen LogP contribution in [0, 0.1) is 5.82 Å². The molecule has 1 saturated heterocycles. The third kappa shape index (κ3) is 3.67. The number of piperidine rings is 1. The summed E-state index contributed by atoms with van der Waals surface area (Å²) in [7, 11) is 0. The Morgan fingerprint density at radius 1 is 1.17 bits per heavy atom. The highest BCUT2D eigenvalue weighted by Crippen LogP contribution is 2.19. The van der Waals surface area contributed by atoms with E-state index < -0.39 is 11.7 Å². The molecule has 1 fully saturated rings. The van der Waals surface area contributed by atoms with E-state index in [2.05, 4.69) is 21.2 Å². The number of hydrogen-bond acceptors (Lipinski definition) is 3. The highest BCUT2D eigenvalue weighted by atomic mass is 79.9. The van der Waals surface area contributed by atoms with Crippen molar-refractivity contribution in [3.8, 4) is 0 Å². The molecule has 2 heterocycles. The molecule has 2 aromatic rings. The number of carbonyl (C=O) groups is 2. The van der Waals surface area contributed by atoms with Crippen LogP contribution in [-0.2, 0) is 0 Å². The molecule has 0 unspecified atom stereocenters. The van der Waals surface area contributed by atoms with E-state index in [1.165, 1.54) is 12.1 Å². The molecular formula is C17H16BrFN2O3. The van der Waals surface area contributed by atoms with E-state index in [4.69, 9.17) is 4.42 Å². The van der Waals surface area contributed by atoms with Gasteiger partial charge < -0.3 is 14.6 Å². The molecule has 7 heteroatoms. The van der Waals surface area contributed by atoms with Crippen LogP contribution in [0.2, 0.25) is 0 Å². The van der Waals surface area contributed by atoms with Gasteiger partial charge in [-0.25, -0.2) is 4.39 Å². The summed E-state index contributed by atoms with van der Waals surface area (Å²) in [6.45, 7) is 1.03. The minimum atomic E-state index is -0.536. The van der Waals surface area contributed by atoms with Gasteiger partial charge in [0.2, 0.25) is 0 Å². The van der Waals surface area contributed by atoms with Gasteiger partial charge in [0.1, 0.15) is 5.82 Å². The maximum absolute atomic E-state index is 13.6. The number of halogens is 2. The second-order valence-electron chi connectivity index (χ2n) is 5.62. The van der Waals surface area contributed by atoms with Crippen LogP contribution < -0.4 is 5.32 Å². The molecule has 1 aliphatic rings. The molecule has 126 valence electrons. The SMILES string of the molecule is O=C(NC1CCN(C(=O)c2ccc(Br)o2)CC1)c1ccccc1F. The number of benzene rings is 1. The van der Waals surface area contributed by atoms with E-state index in [9.17, 15) is 14.0 Å². The number of amides is 2. The first kappa shape index (κ1) is 16.7. The van der Waals surface area contributed by atoms with Crippen molar-refractivity contribution < 1.29 is 18.4 Å². The Balaban J connectivity index is 1.55. The van der Waals surface area contributed by atoms with Crippen molar-refractivity contribution in [3.63, 3.8) is 0 Å². The largest absolute Gasteiger partial charge is 0.444 e. The standard InChI is InChI=1S/C17H16BrFN2O3/c18-15-6-5-14(24-15)17(23)21-9-7-11(8-10-21)20-16(22)12-3-1-2-4-13(12)19/h1-6,11H,7-10H2,(H,20,22). The summed E-state index contributed by atoms with van der Waals surface area (Å²) < 4.78 is 19.4. The zero-order chi connectivity index (χ0) is 17.1. The van der Waals surface area contributed by atoms with Crippen molar-refractivity contribution in [1.82, 2.24) is 10.2 Å². The predicted molar refractivity (Wildman–Crippen MR) is 89.2 cm³/mol. The molecule has 0 aliphatic carbocycles. The fraction of sp³-hybridized carbons (Fsp3) is 0.294. The fourth-order valence-electron chi connectivity index (χ4n) is 2.72. The van der Waals surface area contributed by atoms with Crippen LogP contribution in [0.1, 0.15) is 33.8 Å². The number of furan rings is 1. The Hall–Kier alpha value is -2.15. The van der Waals surface area contributed by atoms with Gasteiger partial charge in [0.25, 0.3) is 11.8 Å². The van der Waals surface area contributed by atoms with Gasteiger partial charge in [-0.05, 0) is 53.0 Å². The molecule has 0 bridgehead atoms. The minimum absolute atomic E-state index is 0.0384. The van der Waals surface area contributed by atoms with E-state index in [0.29, 0.717) is 30.6 Å². The molecule has 1 aliphatic heterocycles. The normalized spacial score (nSPS) is 15.3. The maximum Gasteiger partial charge on any atom is 0.289 e. The molecule has 0 spiro atoms. The van der Waals surface area contributed by atoms with E-state index >= 15 is 0 Å². The lowest BCUT2D eigenvalue weighted by Crippen LogP contribution is -2.46. The van der Waals surface area contributed by atoms with Crippen molar-refractivity contribution in [2.24, 2.45) is 0 Å². The summed E-state index contributed by atoms with van der Waals surface area (Å²) in [5.74, 6) is -0.839. The first-order chi connectivity index (χ1) is 11.5. The first-order valence-electron chi connectivity index (χ1n) is 7.64. The van der Waals surface area contributed by atoms with Crippen molar-refractivity contribution in [1.29, 1.82) is 0 Å². The molecule has 1 aromatic heterocycles. The Bertz CT molecular complexity index is 754. The summed E-state index contributed by atoms with van der Waals surface area (Å²) >= 11 is 3.17. The quantitative estimate of drug-likeness (QED) is 0.868. The molecule has 0 atom stereocenters. The van der Waals surface area contributed by atoms with Gasteiger partial charge in [-0.3, -0.25) is 9.59 Å². The van der Waals surface area contributed by atoms with Crippen molar-refractivity contribution in [2.45, 2.75) is 18.9 Å². The van der Waals surface area contributed by atoms with Gasteiger partial charge >= 0.3 is 0 Å². The molecule has 2 amide bonds. The number of likely N-dealkylation sites (tertiary alicyclic amines) is 1.